The van der Waals surface area contributed by atoms with E-state index in [-0.39, 0.29) is 0 Å². The van der Waals surface area contributed by atoms with Gasteiger partial charge in [-0.05, 0) is 33.1 Å². The third-order valence-electron chi connectivity index (χ3n) is 3.31. The van der Waals surface area contributed by atoms with E-state index < -0.39 is 0 Å². The van der Waals surface area contributed by atoms with Crippen LogP contribution >= 0.6 is 11.6 Å². The van der Waals surface area contributed by atoms with Gasteiger partial charge in [-0.1, -0.05) is 18.5 Å². The molecule has 1 aromatic heterocycles. The number of anilines is 1. The van der Waals surface area contributed by atoms with Gasteiger partial charge >= 0.3 is 0 Å². The lowest BCUT2D eigenvalue weighted by Gasteiger charge is -2.29. The van der Waals surface area contributed by atoms with Crippen molar-refractivity contribution in [1.82, 2.24) is 9.97 Å². The van der Waals surface area contributed by atoms with Crippen LogP contribution in [-0.2, 0) is 0 Å². The van der Waals surface area contributed by atoms with Crippen molar-refractivity contribution in [2.75, 3.05) is 4.90 Å². The van der Waals surface area contributed by atoms with E-state index in [0.717, 1.165) is 18.1 Å². The second-order valence-electron chi connectivity index (χ2n) is 4.49. The van der Waals surface area contributed by atoms with E-state index in [2.05, 4.69) is 28.7 Å². The maximum atomic E-state index is 5.99. The molecule has 1 saturated heterocycles. The van der Waals surface area contributed by atoms with Crippen molar-refractivity contribution >= 4 is 17.4 Å². The lowest BCUT2D eigenvalue weighted by atomic mass is 10.1. The standard InChI is InChI=1S/C12H18ClN3/c1-4-10-6-5-8(2)16(10)12-7-11(13)14-9(3)15-12/h7-8,10H,4-6H2,1-3H3. The predicted molar refractivity (Wildman–Crippen MR) is 67.0 cm³/mol. The number of hydrogen-bond donors (Lipinski definition) is 0. The summed E-state index contributed by atoms with van der Waals surface area (Å²) >= 11 is 5.99. The van der Waals surface area contributed by atoms with Gasteiger partial charge in [0.25, 0.3) is 0 Å². The van der Waals surface area contributed by atoms with Crippen molar-refractivity contribution in [3.05, 3.63) is 17.0 Å². The van der Waals surface area contributed by atoms with Crippen LogP contribution in [0, 0.1) is 6.92 Å². The zero-order valence-corrected chi connectivity index (χ0v) is 10.8. The molecule has 0 radical (unpaired) electrons. The molecule has 0 amide bonds. The topological polar surface area (TPSA) is 29.0 Å². The first-order chi connectivity index (χ1) is 7.61. The minimum absolute atomic E-state index is 0.538. The van der Waals surface area contributed by atoms with Gasteiger partial charge in [-0.25, -0.2) is 9.97 Å². The first kappa shape index (κ1) is 11.6. The van der Waals surface area contributed by atoms with E-state index in [1.807, 2.05) is 13.0 Å². The van der Waals surface area contributed by atoms with Gasteiger partial charge in [-0.15, -0.1) is 0 Å². The molecular weight excluding hydrogens is 222 g/mol. The smallest absolute Gasteiger partial charge is 0.134 e. The molecule has 16 heavy (non-hydrogen) atoms. The highest BCUT2D eigenvalue weighted by molar-refractivity contribution is 6.29. The molecule has 1 aromatic rings. The summed E-state index contributed by atoms with van der Waals surface area (Å²) in [6.07, 6.45) is 3.64. The Hall–Kier alpha value is -0.830. The summed E-state index contributed by atoms with van der Waals surface area (Å²) in [6, 6.07) is 3.02. The Labute approximate surface area is 102 Å². The molecule has 2 unspecified atom stereocenters. The van der Waals surface area contributed by atoms with Crippen LogP contribution in [0.3, 0.4) is 0 Å². The largest absolute Gasteiger partial charge is 0.351 e. The zero-order valence-electron chi connectivity index (χ0n) is 10.1. The molecule has 0 aliphatic carbocycles. The van der Waals surface area contributed by atoms with Gasteiger partial charge in [0.1, 0.15) is 16.8 Å². The molecule has 88 valence electrons. The minimum Gasteiger partial charge on any atom is -0.351 e. The van der Waals surface area contributed by atoms with Crippen LogP contribution in [0.1, 0.15) is 38.9 Å². The quantitative estimate of drug-likeness (QED) is 0.743. The Bertz CT molecular complexity index is 360. The van der Waals surface area contributed by atoms with E-state index in [1.54, 1.807) is 0 Å². The fraction of sp³-hybridized carbons (Fsp3) is 0.667. The second-order valence-corrected chi connectivity index (χ2v) is 4.88. The van der Waals surface area contributed by atoms with Gasteiger partial charge in [0.15, 0.2) is 0 Å². The molecule has 2 atom stereocenters. The number of nitrogens with zero attached hydrogens (tertiary/aromatic N) is 3. The van der Waals surface area contributed by atoms with Crippen LogP contribution in [0.15, 0.2) is 6.07 Å². The van der Waals surface area contributed by atoms with Gasteiger partial charge in [0.05, 0.1) is 0 Å². The Morgan fingerprint density at radius 3 is 2.81 bits per heavy atom. The van der Waals surface area contributed by atoms with E-state index in [1.165, 1.54) is 12.8 Å². The Morgan fingerprint density at radius 2 is 2.19 bits per heavy atom. The van der Waals surface area contributed by atoms with E-state index in [4.69, 9.17) is 11.6 Å². The Kier molecular flexibility index (Phi) is 3.33. The average Bonchev–Trinajstić information content (AvgIpc) is 2.58. The summed E-state index contributed by atoms with van der Waals surface area (Å²) < 4.78 is 0. The van der Waals surface area contributed by atoms with E-state index in [9.17, 15) is 0 Å². The summed E-state index contributed by atoms with van der Waals surface area (Å²) in [5, 5.41) is 0.538. The zero-order chi connectivity index (χ0) is 11.7. The SMILES string of the molecule is CCC1CCC(C)N1c1cc(Cl)nc(C)n1. The van der Waals surface area contributed by atoms with Crippen molar-refractivity contribution in [3.63, 3.8) is 0 Å². The van der Waals surface area contributed by atoms with Crippen molar-refractivity contribution in [2.24, 2.45) is 0 Å². The van der Waals surface area contributed by atoms with Gasteiger partial charge < -0.3 is 4.90 Å². The summed E-state index contributed by atoms with van der Waals surface area (Å²) in [4.78, 5) is 11.0. The fourth-order valence-corrected chi connectivity index (χ4v) is 2.75. The number of aromatic nitrogens is 2. The first-order valence-corrected chi connectivity index (χ1v) is 6.29. The third-order valence-corrected chi connectivity index (χ3v) is 3.51. The monoisotopic (exact) mass is 239 g/mol. The van der Waals surface area contributed by atoms with Crippen molar-refractivity contribution in [3.8, 4) is 0 Å². The van der Waals surface area contributed by atoms with Crippen LogP contribution in [-0.4, -0.2) is 22.1 Å². The van der Waals surface area contributed by atoms with Crippen molar-refractivity contribution in [2.45, 2.75) is 52.1 Å². The molecule has 2 heterocycles. The molecule has 0 N–H and O–H groups in total. The number of halogens is 1. The van der Waals surface area contributed by atoms with Gasteiger partial charge in [0.2, 0.25) is 0 Å². The Balaban J connectivity index is 2.34. The molecule has 2 rings (SSSR count). The van der Waals surface area contributed by atoms with Gasteiger partial charge in [-0.3, -0.25) is 0 Å². The van der Waals surface area contributed by atoms with E-state index >= 15 is 0 Å². The number of hydrogen-bond acceptors (Lipinski definition) is 3. The van der Waals surface area contributed by atoms with Crippen LogP contribution in [0.4, 0.5) is 5.82 Å². The Morgan fingerprint density at radius 1 is 1.44 bits per heavy atom. The molecule has 1 fully saturated rings. The van der Waals surface area contributed by atoms with Crippen LogP contribution < -0.4 is 4.90 Å². The summed E-state index contributed by atoms with van der Waals surface area (Å²) in [5.41, 5.74) is 0. The highest BCUT2D eigenvalue weighted by atomic mass is 35.5. The minimum atomic E-state index is 0.538. The molecule has 0 bridgehead atoms. The lowest BCUT2D eigenvalue weighted by Crippen LogP contribution is -2.35. The molecular formula is C12H18ClN3. The third kappa shape index (κ3) is 2.14. The normalized spacial score (nSPS) is 25.1. The van der Waals surface area contributed by atoms with Crippen LogP contribution in [0.5, 0.6) is 0 Å². The van der Waals surface area contributed by atoms with Gasteiger partial charge in [0, 0.05) is 18.2 Å². The predicted octanol–water partition coefficient (Wildman–Crippen LogP) is 3.21. The molecule has 1 aliphatic heterocycles. The highest BCUT2D eigenvalue weighted by Crippen LogP contribution is 2.31. The molecule has 0 saturated carbocycles. The molecule has 0 aromatic carbocycles. The summed E-state index contributed by atoms with van der Waals surface area (Å²) in [6.45, 7) is 6.36. The molecule has 3 nitrogen and oxygen atoms in total. The highest BCUT2D eigenvalue weighted by Gasteiger charge is 2.30. The maximum absolute atomic E-state index is 5.99. The van der Waals surface area contributed by atoms with Crippen LogP contribution in [0.25, 0.3) is 0 Å². The lowest BCUT2D eigenvalue weighted by molar-refractivity contribution is 0.619. The average molecular weight is 240 g/mol. The first-order valence-electron chi connectivity index (χ1n) is 5.91. The summed E-state index contributed by atoms with van der Waals surface area (Å²) in [5.74, 6) is 1.73. The van der Waals surface area contributed by atoms with E-state index in [0.29, 0.717) is 17.2 Å². The second kappa shape index (κ2) is 4.58. The fourth-order valence-electron chi connectivity index (χ4n) is 2.53. The maximum Gasteiger partial charge on any atom is 0.134 e. The molecule has 0 spiro atoms. The van der Waals surface area contributed by atoms with Crippen LogP contribution in [0.2, 0.25) is 5.15 Å². The number of rotatable bonds is 2. The summed E-state index contributed by atoms with van der Waals surface area (Å²) in [7, 11) is 0. The van der Waals surface area contributed by atoms with Crippen molar-refractivity contribution < 1.29 is 0 Å². The van der Waals surface area contributed by atoms with Gasteiger partial charge in [-0.2, -0.15) is 0 Å². The number of aryl methyl sites for hydroxylation is 1. The molecule has 1 aliphatic rings. The van der Waals surface area contributed by atoms with Crippen molar-refractivity contribution in [1.29, 1.82) is 0 Å². The molecule has 4 heteroatoms.